The number of carbonyl (C=O) groups is 1. The molecule has 3 aromatic rings. The zero-order valence-electron chi connectivity index (χ0n) is 15.2. The van der Waals surface area contributed by atoms with Gasteiger partial charge in [0.15, 0.2) is 0 Å². The maximum absolute atomic E-state index is 11.0. The quantitative estimate of drug-likeness (QED) is 0.502. The summed E-state index contributed by atoms with van der Waals surface area (Å²) in [6.45, 7) is 2.92. The van der Waals surface area contributed by atoms with Gasteiger partial charge in [0.25, 0.3) is 0 Å². The van der Waals surface area contributed by atoms with Crippen LogP contribution >= 0.6 is 0 Å². The van der Waals surface area contributed by atoms with Crippen LogP contribution in [0, 0.1) is 11.8 Å². The molecule has 0 atom stereocenters. The number of carboxylic acids is 1. The fourth-order valence-corrected chi connectivity index (χ4v) is 2.64. The van der Waals surface area contributed by atoms with Crippen LogP contribution in [0.5, 0.6) is 5.75 Å². The molecular formula is C23H21NO3. The fourth-order valence-electron chi connectivity index (χ4n) is 2.64. The Labute approximate surface area is 158 Å². The maximum Gasteiger partial charge on any atom is 0.354 e. The molecule has 4 nitrogen and oxygen atoms in total. The van der Waals surface area contributed by atoms with Crippen molar-refractivity contribution in [3.05, 3.63) is 71.4 Å². The molecule has 1 N–H and O–H groups in total. The van der Waals surface area contributed by atoms with Crippen LogP contribution in [0.15, 0.2) is 54.6 Å². The van der Waals surface area contributed by atoms with E-state index < -0.39 is 5.97 Å². The number of benzene rings is 2. The Hall–Kier alpha value is -3.32. The Morgan fingerprint density at radius 2 is 1.74 bits per heavy atom. The molecule has 2 aromatic carbocycles. The molecule has 1 aromatic heterocycles. The predicted molar refractivity (Wildman–Crippen MR) is 106 cm³/mol. The molecule has 4 heteroatoms. The second kappa shape index (κ2) is 8.86. The number of pyridine rings is 1. The third-order valence-electron chi connectivity index (χ3n) is 4.13. The first-order valence-corrected chi connectivity index (χ1v) is 9.04. The van der Waals surface area contributed by atoms with E-state index in [9.17, 15) is 4.79 Å². The van der Waals surface area contributed by atoms with Crippen LogP contribution in [0.3, 0.4) is 0 Å². The van der Waals surface area contributed by atoms with Gasteiger partial charge in [-0.05, 0) is 55.0 Å². The highest BCUT2D eigenvalue weighted by Gasteiger charge is 2.05. The maximum atomic E-state index is 11.0. The first-order valence-electron chi connectivity index (χ1n) is 9.04. The van der Waals surface area contributed by atoms with Crippen molar-refractivity contribution in [1.29, 1.82) is 0 Å². The minimum Gasteiger partial charge on any atom is -0.494 e. The first-order chi connectivity index (χ1) is 13.2. The summed E-state index contributed by atoms with van der Waals surface area (Å²) in [5, 5.41) is 9.87. The zero-order valence-corrected chi connectivity index (χ0v) is 15.2. The van der Waals surface area contributed by atoms with Gasteiger partial charge in [0.05, 0.1) is 12.1 Å². The van der Waals surface area contributed by atoms with Crippen molar-refractivity contribution in [2.75, 3.05) is 6.61 Å². The summed E-state index contributed by atoms with van der Waals surface area (Å²) in [6.07, 6.45) is 3.44. The van der Waals surface area contributed by atoms with Crippen molar-refractivity contribution in [3.8, 4) is 17.6 Å². The van der Waals surface area contributed by atoms with Crippen LogP contribution in [-0.4, -0.2) is 22.7 Å². The minimum absolute atomic E-state index is 0.0401. The van der Waals surface area contributed by atoms with Gasteiger partial charge in [0.1, 0.15) is 11.4 Å². The first kappa shape index (κ1) is 18.5. The van der Waals surface area contributed by atoms with Gasteiger partial charge in [0, 0.05) is 16.5 Å². The van der Waals surface area contributed by atoms with Crippen molar-refractivity contribution in [2.24, 2.45) is 0 Å². The largest absolute Gasteiger partial charge is 0.494 e. The van der Waals surface area contributed by atoms with E-state index in [4.69, 9.17) is 9.84 Å². The van der Waals surface area contributed by atoms with Crippen LogP contribution in [0.4, 0.5) is 0 Å². The Kier molecular flexibility index (Phi) is 6.06. The molecule has 0 fully saturated rings. The van der Waals surface area contributed by atoms with Crippen molar-refractivity contribution >= 4 is 16.9 Å². The summed E-state index contributed by atoms with van der Waals surface area (Å²) in [5.41, 5.74) is 2.45. The van der Waals surface area contributed by atoms with E-state index in [2.05, 4.69) is 23.7 Å². The van der Waals surface area contributed by atoms with Gasteiger partial charge in [-0.2, -0.15) is 0 Å². The lowest BCUT2D eigenvalue weighted by Crippen LogP contribution is -1.99. The van der Waals surface area contributed by atoms with Gasteiger partial charge in [-0.15, -0.1) is 0 Å². The van der Waals surface area contributed by atoms with E-state index in [0.29, 0.717) is 5.52 Å². The summed E-state index contributed by atoms with van der Waals surface area (Å²) < 4.78 is 5.70. The molecule has 0 saturated carbocycles. The summed E-state index contributed by atoms with van der Waals surface area (Å²) in [6, 6.07) is 16.6. The highest BCUT2D eigenvalue weighted by Crippen LogP contribution is 2.16. The Morgan fingerprint density at radius 3 is 2.48 bits per heavy atom. The van der Waals surface area contributed by atoms with Crippen LogP contribution in [0.1, 0.15) is 47.8 Å². The molecule has 136 valence electrons. The highest BCUT2D eigenvalue weighted by molar-refractivity contribution is 5.90. The molecule has 0 bridgehead atoms. The smallest absolute Gasteiger partial charge is 0.354 e. The number of rotatable bonds is 6. The number of ether oxygens (including phenoxy) is 1. The third kappa shape index (κ3) is 5.08. The van der Waals surface area contributed by atoms with E-state index >= 15 is 0 Å². The third-order valence-corrected chi connectivity index (χ3v) is 4.13. The van der Waals surface area contributed by atoms with Gasteiger partial charge in [0.2, 0.25) is 0 Å². The predicted octanol–water partition coefficient (Wildman–Crippen LogP) is 4.90. The topological polar surface area (TPSA) is 59.4 Å². The number of hydrogen-bond acceptors (Lipinski definition) is 3. The van der Waals surface area contributed by atoms with Gasteiger partial charge < -0.3 is 9.84 Å². The van der Waals surface area contributed by atoms with Crippen molar-refractivity contribution in [2.45, 2.75) is 26.2 Å². The lowest BCUT2D eigenvalue weighted by Gasteiger charge is -2.05. The van der Waals surface area contributed by atoms with Crippen molar-refractivity contribution in [3.63, 3.8) is 0 Å². The monoisotopic (exact) mass is 359 g/mol. The van der Waals surface area contributed by atoms with Crippen LogP contribution in [0.2, 0.25) is 0 Å². The van der Waals surface area contributed by atoms with Gasteiger partial charge in [-0.25, -0.2) is 9.78 Å². The van der Waals surface area contributed by atoms with Gasteiger partial charge in [-0.1, -0.05) is 37.7 Å². The van der Waals surface area contributed by atoms with Crippen LogP contribution in [0.25, 0.3) is 10.9 Å². The number of unbranched alkanes of at least 4 members (excludes halogenated alkanes) is 2. The molecular weight excluding hydrogens is 338 g/mol. The van der Waals surface area contributed by atoms with E-state index in [1.165, 1.54) is 18.9 Å². The second-order valence-electron chi connectivity index (χ2n) is 6.24. The lowest BCUT2D eigenvalue weighted by molar-refractivity contribution is 0.0691. The Balaban J connectivity index is 1.69. The van der Waals surface area contributed by atoms with E-state index in [1.54, 1.807) is 12.1 Å². The molecule has 0 saturated heterocycles. The summed E-state index contributed by atoms with van der Waals surface area (Å²) in [7, 11) is 0. The Morgan fingerprint density at radius 1 is 1.00 bits per heavy atom. The normalized spacial score (nSPS) is 10.3. The molecule has 0 unspecified atom stereocenters. The summed E-state index contributed by atoms with van der Waals surface area (Å²) in [5.74, 6) is 6.11. The van der Waals surface area contributed by atoms with Crippen LogP contribution in [-0.2, 0) is 0 Å². The SMILES string of the molecule is CCCCCOc1ccc(C#Cc2ccc3nc(C(=O)O)ccc3c2)cc1. The molecule has 3 rings (SSSR count). The number of aromatic carboxylic acids is 1. The van der Waals surface area contributed by atoms with Gasteiger partial charge >= 0.3 is 5.97 Å². The summed E-state index contributed by atoms with van der Waals surface area (Å²) in [4.78, 5) is 15.1. The number of fused-ring (bicyclic) bond motifs is 1. The molecule has 0 aliphatic rings. The highest BCUT2D eigenvalue weighted by atomic mass is 16.5. The molecule has 0 amide bonds. The fraction of sp³-hybridized carbons (Fsp3) is 0.217. The van der Waals surface area contributed by atoms with Gasteiger partial charge in [-0.3, -0.25) is 0 Å². The summed E-state index contributed by atoms with van der Waals surface area (Å²) >= 11 is 0. The number of aromatic nitrogens is 1. The molecule has 0 aliphatic carbocycles. The second-order valence-corrected chi connectivity index (χ2v) is 6.24. The van der Waals surface area contributed by atoms with Crippen molar-refractivity contribution in [1.82, 2.24) is 4.98 Å². The average molecular weight is 359 g/mol. The zero-order chi connectivity index (χ0) is 19.1. The number of nitrogens with zero attached hydrogens (tertiary/aromatic N) is 1. The number of hydrogen-bond donors (Lipinski definition) is 1. The standard InChI is InChI=1S/C23H21NO3/c1-2-3-4-15-27-20-11-7-17(8-12-20)5-6-18-9-13-21-19(16-18)10-14-22(24-21)23(25)26/h7-14,16H,2-4,15H2,1H3,(H,25,26). The molecule has 27 heavy (non-hydrogen) atoms. The minimum atomic E-state index is -1.03. The molecule has 1 heterocycles. The molecule has 0 aliphatic heterocycles. The van der Waals surface area contributed by atoms with Crippen molar-refractivity contribution < 1.29 is 14.6 Å². The average Bonchev–Trinajstić information content (AvgIpc) is 2.70. The Bertz CT molecular complexity index is 998. The molecule has 0 radical (unpaired) electrons. The van der Waals surface area contributed by atoms with E-state index in [-0.39, 0.29) is 5.69 Å². The molecule has 0 spiro atoms. The van der Waals surface area contributed by atoms with E-state index in [0.717, 1.165) is 35.3 Å². The number of carboxylic acid groups (broad SMARTS) is 1. The lowest BCUT2D eigenvalue weighted by atomic mass is 10.1. The van der Waals surface area contributed by atoms with Crippen LogP contribution < -0.4 is 4.74 Å². The van der Waals surface area contributed by atoms with E-state index in [1.807, 2.05) is 36.4 Å².